The summed E-state index contributed by atoms with van der Waals surface area (Å²) in [5.41, 5.74) is 2.84. The van der Waals surface area contributed by atoms with Crippen molar-refractivity contribution in [2.75, 3.05) is 6.54 Å². The van der Waals surface area contributed by atoms with Gasteiger partial charge in [0.1, 0.15) is 5.52 Å². The molecule has 0 amide bonds. The summed E-state index contributed by atoms with van der Waals surface area (Å²) in [5, 5.41) is 11.8. The molecule has 0 saturated carbocycles. The highest BCUT2D eigenvalue weighted by Crippen LogP contribution is 2.16. The molecular formula is C14H18N2O3. The molecule has 2 aromatic rings. The van der Waals surface area contributed by atoms with Crippen molar-refractivity contribution in [2.45, 2.75) is 32.7 Å². The number of hydrogen-bond donors (Lipinski definition) is 2. The molecule has 0 aliphatic heterocycles. The molecule has 1 heterocycles. The third-order valence-corrected chi connectivity index (χ3v) is 2.88. The summed E-state index contributed by atoms with van der Waals surface area (Å²) in [6.45, 7) is 3.42. The molecule has 2 rings (SSSR count). The molecule has 1 aromatic heterocycles. The number of unbranched alkanes of at least 4 members (excludes halogenated alkanes) is 1. The zero-order chi connectivity index (χ0) is 13.7. The van der Waals surface area contributed by atoms with Gasteiger partial charge in [0.15, 0.2) is 11.5 Å². The van der Waals surface area contributed by atoms with Gasteiger partial charge >= 0.3 is 5.97 Å². The minimum absolute atomic E-state index is 0.242. The minimum atomic E-state index is -0.730. The fourth-order valence-electron chi connectivity index (χ4n) is 1.96. The van der Waals surface area contributed by atoms with Crippen LogP contribution in [0.3, 0.4) is 0 Å². The quantitative estimate of drug-likeness (QED) is 0.750. The smallest absolute Gasteiger partial charge is 0.303 e. The van der Waals surface area contributed by atoms with Gasteiger partial charge in [-0.3, -0.25) is 4.79 Å². The summed E-state index contributed by atoms with van der Waals surface area (Å²) in [6.07, 6.45) is 1.83. The second-order valence-corrected chi connectivity index (χ2v) is 4.56. The van der Waals surface area contributed by atoms with Crippen LogP contribution >= 0.6 is 0 Å². The molecule has 0 fully saturated rings. The lowest BCUT2D eigenvalue weighted by Gasteiger charge is -2.04. The zero-order valence-electron chi connectivity index (χ0n) is 11.0. The number of nitrogens with zero attached hydrogens (tertiary/aromatic N) is 1. The number of aryl methyl sites for hydroxylation is 1. The predicted molar refractivity (Wildman–Crippen MR) is 71.9 cm³/mol. The first-order valence-electron chi connectivity index (χ1n) is 6.44. The highest BCUT2D eigenvalue weighted by atomic mass is 16.4. The number of hydrogen-bond acceptors (Lipinski definition) is 4. The Morgan fingerprint density at radius 2 is 2.26 bits per heavy atom. The van der Waals surface area contributed by atoms with Gasteiger partial charge < -0.3 is 14.8 Å². The van der Waals surface area contributed by atoms with Crippen molar-refractivity contribution in [3.05, 3.63) is 29.7 Å². The highest BCUT2D eigenvalue weighted by molar-refractivity contribution is 5.73. The number of carboxylic acid groups (broad SMARTS) is 1. The number of fused-ring (bicyclic) bond motifs is 1. The van der Waals surface area contributed by atoms with E-state index < -0.39 is 5.97 Å². The SMILES string of the molecule is Cc1nc2cc(CNCCCCC(=O)O)ccc2o1. The van der Waals surface area contributed by atoms with Crippen molar-refractivity contribution in [3.63, 3.8) is 0 Å². The van der Waals surface area contributed by atoms with Crippen LogP contribution in [0.4, 0.5) is 0 Å². The Balaban J connectivity index is 1.76. The Kier molecular flexibility index (Phi) is 4.52. The number of carboxylic acids is 1. The zero-order valence-corrected chi connectivity index (χ0v) is 11.0. The molecule has 2 N–H and O–H groups in total. The fourth-order valence-corrected chi connectivity index (χ4v) is 1.96. The number of carbonyl (C=O) groups is 1. The Hall–Kier alpha value is -1.88. The van der Waals surface area contributed by atoms with Crippen molar-refractivity contribution < 1.29 is 14.3 Å². The largest absolute Gasteiger partial charge is 0.481 e. The van der Waals surface area contributed by atoms with Crippen LogP contribution in [0.5, 0.6) is 0 Å². The van der Waals surface area contributed by atoms with E-state index in [4.69, 9.17) is 9.52 Å². The number of oxazole rings is 1. The Morgan fingerprint density at radius 1 is 1.42 bits per heavy atom. The third-order valence-electron chi connectivity index (χ3n) is 2.88. The van der Waals surface area contributed by atoms with Gasteiger partial charge in [-0.1, -0.05) is 6.07 Å². The Morgan fingerprint density at radius 3 is 3.05 bits per heavy atom. The molecular weight excluding hydrogens is 244 g/mol. The molecule has 1 aromatic carbocycles. The summed E-state index contributed by atoms with van der Waals surface area (Å²) in [6, 6.07) is 5.95. The maximum atomic E-state index is 10.3. The van der Waals surface area contributed by atoms with Gasteiger partial charge in [0.2, 0.25) is 0 Å². The number of aromatic nitrogens is 1. The van der Waals surface area contributed by atoms with Crippen molar-refractivity contribution in [3.8, 4) is 0 Å². The number of rotatable bonds is 7. The molecule has 19 heavy (non-hydrogen) atoms. The van der Waals surface area contributed by atoms with Crippen LogP contribution in [0.25, 0.3) is 11.1 Å². The van der Waals surface area contributed by atoms with Crippen LogP contribution in [0, 0.1) is 6.92 Å². The van der Waals surface area contributed by atoms with Gasteiger partial charge in [0.25, 0.3) is 0 Å². The highest BCUT2D eigenvalue weighted by Gasteiger charge is 2.03. The molecule has 0 unspecified atom stereocenters. The molecule has 0 radical (unpaired) electrons. The standard InChI is InChI=1S/C14H18N2O3/c1-10-16-12-8-11(5-6-13(12)19-10)9-15-7-3-2-4-14(17)18/h5-6,8,15H,2-4,7,9H2,1H3,(H,17,18). The van der Waals surface area contributed by atoms with Crippen molar-refractivity contribution >= 4 is 17.1 Å². The maximum absolute atomic E-state index is 10.3. The normalized spacial score (nSPS) is 11.0. The lowest BCUT2D eigenvalue weighted by Crippen LogP contribution is -2.14. The number of benzene rings is 1. The summed E-state index contributed by atoms with van der Waals surface area (Å²) >= 11 is 0. The molecule has 0 bridgehead atoms. The molecule has 0 spiro atoms. The van der Waals surface area contributed by atoms with E-state index in [-0.39, 0.29) is 6.42 Å². The average molecular weight is 262 g/mol. The topological polar surface area (TPSA) is 75.4 Å². The minimum Gasteiger partial charge on any atom is -0.481 e. The van der Waals surface area contributed by atoms with Crippen molar-refractivity contribution in [1.82, 2.24) is 10.3 Å². The van der Waals surface area contributed by atoms with Gasteiger partial charge in [-0.25, -0.2) is 4.98 Å². The summed E-state index contributed by atoms with van der Waals surface area (Å²) in [5.74, 6) is -0.0550. The Bertz CT molecular complexity index is 563. The molecule has 0 aliphatic rings. The Labute approximate surface area is 111 Å². The first-order valence-corrected chi connectivity index (χ1v) is 6.44. The second kappa shape index (κ2) is 6.33. The molecule has 5 nitrogen and oxygen atoms in total. The summed E-state index contributed by atoms with van der Waals surface area (Å²) in [7, 11) is 0. The van der Waals surface area contributed by atoms with Crippen LogP contribution in [0.15, 0.2) is 22.6 Å². The molecule has 0 aliphatic carbocycles. The number of aliphatic carboxylic acids is 1. The van der Waals surface area contributed by atoms with E-state index in [1.54, 1.807) is 0 Å². The molecule has 102 valence electrons. The van der Waals surface area contributed by atoms with E-state index in [1.165, 1.54) is 0 Å². The maximum Gasteiger partial charge on any atom is 0.303 e. The van der Waals surface area contributed by atoms with Gasteiger partial charge in [-0.05, 0) is 37.1 Å². The van der Waals surface area contributed by atoms with Crippen molar-refractivity contribution in [2.24, 2.45) is 0 Å². The predicted octanol–water partition coefficient (Wildman–Crippen LogP) is 2.48. The fraction of sp³-hybridized carbons (Fsp3) is 0.429. The van der Waals surface area contributed by atoms with E-state index in [0.29, 0.717) is 12.3 Å². The molecule has 0 atom stereocenters. The van der Waals surface area contributed by atoms with E-state index in [2.05, 4.69) is 10.3 Å². The first-order chi connectivity index (χ1) is 9.15. The lowest BCUT2D eigenvalue weighted by atomic mass is 10.2. The van der Waals surface area contributed by atoms with Gasteiger partial charge in [-0.15, -0.1) is 0 Å². The lowest BCUT2D eigenvalue weighted by molar-refractivity contribution is -0.137. The van der Waals surface area contributed by atoms with E-state index in [0.717, 1.165) is 36.2 Å². The van der Waals surface area contributed by atoms with Gasteiger partial charge in [0, 0.05) is 19.9 Å². The summed E-state index contributed by atoms with van der Waals surface area (Å²) in [4.78, 5) is 14.6. The van der Waals surface area contributed by atoms with Crippen LogP contribution in [-0.4, -0.2) is 22.6 Å². The first kappa shape index (κ1) is 13.5. The second-order valence-electron chi connectivity index (χ2n) is 4.56. The van der Waals surface area contributed by atoms with Crippen LogP contribution in [-0.2, 0) is 11.3 Å². The van der Waals surface area contributed by atoms with Gasteiger partial charge in [-0.2, -0.15) is 0 Å². The average Bonchev–Trinajstić information content (AvgIpc) is 2.72. The summed E-state index contributed by atoms with van der Waals surface area (Å²) < 4.78 is 5.42. The number of nitrogens with one attached hydrogen (secondary N) is 1. The van der Waals surface area contributed by atoms with Crippen LogP contribution in [0.1, 0.15) is 30.7 Å². The van der Waals surface area contributed by atoms with E-state index in [1.807, 2.05) is 25.1 Å². The van der Waals surface area contributed by atoms with Gasteiger partial charge in [0.05, 0.1) is 0 Å². The van der Waals surface area contributed by atoms with E-state index >= 15 is 0 Å². The molecule has 0 saturated heterocycles. The van der Waals surface area contributed by atoms with E-state index in [9.17, 15) is 4.79 Å². The molecule has 5 heteroatoms. The monoisotopic (exact) mass is 262 g/mol. The third kappa shape index (κ3) is 4.06. The van der Waals surface area contributed by atoms with Crippen LogP contribution < -0.4 is 5.32 Å². The van der Waals surface area contributed by atoms with Crippen LogP contribution in [0.2, 0.25) is 0 Å². The van der Waals surface area contributed by atoms with Crippen molar-refractivity contribution in [1.29, 1.82) is 0 Å².